The van der Waals surface area contributed by atoms with Gasteiger partial charge in [-0.05, 0) is 24.6 Å². The van der Waals surface area contributed by atoms with Crippen LogP contribution in [0, 0.1) is 0 Å². The number of carbonyl (C=O) groups is 1. The molecule has 1 aromatic carbocycles. The Labute approximate surface area is 177 Å². The van der Waals surface area contributed by atoms with Gasteiger partial charge in [-0.15, -0.1) is 0 Å². The lowest BCUT2D eigenvalue weighted by Gasteiger charge is -2.08. The Bertz CT molecular complexity index is 1220. The Kier molecular flexibility index (Phi) is 6.26. The van der Waals surface area contributed by atoms with E-state index in [0.717, 1.165) is 10.9 Å². The van der Waals surface area contributed by atoms with Crippen LogP contribution in [0.2, 0.25) is 0 Å². The molecule has 1 amide bonds. The number of nitrogens with zero attached hydrogens (tertiary/aromatic N) is 4. The van der Waals surface area contributed by atoms with Crippen LogP contribution in [0.5, 0.6) is 0 Å². The SMILES string of the molecule is O=C(CCc1nc(-c2cccnc2)no1)NCCCNc1n[nH]c(=O)c2ccccc12. The quantitative estimate of drug-likeness (QED) is 0.350. The van der Waals surface area contributed by atoms with E-state index in [9.17, 15) is 9.59 Å². The van der Waals surface area contributed by atoms with Crippen molar-refractivity contribution in [3.63, 3.8) is 0 Å². The molecule has 3 heterocycles. The summed E-state index contributed by atoms with van der Waals surface area (Å²) < 4.78 is 5.19. The fraction of sp³-hybridized carbons (Fsp3) is 0.238. The maximum absolute atomic E-state index is 12.1. The van der Waals surface area contributed by atoms with Crippen molar-refractivity contribution >= 4 is 22.5 Å². The van der Waals surface area contributed by atoms with Gasteiger partial charge in [0.2, 0.25) is 17.6 Å². The molecule has 0 atom stereocenters. The number of hydrogen-bond donors (Lipinski definition) is 3. The molecule has 0 aliphatic rings. The summed E-state index contributed by atoms with van der Waals surface area (Å²) in [6.07, 6.45) is 4.65. The number of pyridine rings is 1. The number of aromatic nitrogens is 5. The fourth-order valence-electron chi connectivity index (χ4n) is 3.05. The van der Waals surface area contributed by atoms with Gasteiger partial charge in [0.1, 0.15) is 0 Å². The number of aromatic amines is 1. The van der Waals surface area contributed by atoms with Crippen molar-refractivity contribution < 1.29 is 9.32 Å². The zero-order valence-corrected chi connectivity index (χ0v) is 16.7. The van der Waals surface area contributed by atoms with Gasteiger partial charge in [-0.3, -0.25) is 14.6 Å². The van der Waals surface area contributed by atoms with E-state index in [1.807, 2.05) is 24.3 Å². The summed E-state index contributed by atoms with van der Waals surface area (Å²) in [4.78, 5) is 32.2. The van der Waals surface area contributed by atoms with Crippen LogP contribution in [0.1, 0.15) is 18.7 Å². The largest absolute Gasteiger partial charge is 0.368 e. The molecular weight excluding hydrogens is 398 g/mol. The van der Waals surface area contributed by atoms with Gasteiger partial charge in [-0.2, -0.15) is 10.1 Å². The van der Waals surface area contributed by atoms with Gasteiger partial charge >= 0.3 is 0 Å². The van der Waals surface area contributed by atoms with Gasteiger partial charge in [0.15, 0.2) is 5.82 Å². The molecular formula is C21H21N7O3. The van der Waals surface area contributed by atoms with Gasteiger partial charge in [-0.1, -0.05) is 23.4 Å². The third-order valence-electron chi connectivity index (χ3n) is 4.62. The average molecular weight is 419 g/mol. The van der Waals surface area contributed by atoms with Crippen LogP contribution in [0.15, 0.2) is 58.1 Å². The van der Waals surface area contributed by atoms with Gasteiger partial charge in [0, 0.05) is 49.3 Å². The molecule has 31 heavy (non-hydrogen) atoms. The van der Waals surface area contributed by atoms with E-state index >= 15 is 0 Å². The average Bonchev–Trinajstić information content (AvgIpc) is 3.29. The van der Waals surface area contributed by atoms with Crippen LogP contribution in [-0.2, 0) is 11.2 Å². The molecule has 158 valence electrons. The van der Waals surface area contributed by atoms with Crippen molar-refractivity contribution in [2.75, 3.05) is 18.4 Å². The Hall–Kier alpha value is -4.08. The molecule has 0 saturated carbocycles. The maximum Gasteiger partial charge on any atom is 0.272 e. The molecule has 3 N–H and O–H groups in total. The number of anilines is 1. The molecule has 0 radical (unpaired) electrons. The molecule has 0 bridgehead atoms. The highest BCUT2D eigenvalue weighted by Gasteiger charge is 2.11. The van der Waals surface area contributed by atoms with Gasteiger partial charge in [0.05, 0.1) is 5.39 Å². The van der Waals surface area contributed by atoms with Crippen molar-refractivity contribution in [3.8, 4) is 11.4 Å². The lowest BCUT2D eigenvalue weighted by Crippen LogP contribution is -2.26. The highest BCUT2D eigenvalue weighted by molar-refractivity contribution is 5.90. The zero-order valence-electron chi connectivity index (χ0n) is 16.7. The first-order chi connectivity index (χ1) is 15.2. The maximum atomic E-state index is 12.1. The standard InChI is InChI=1S/C21H21N7O3/c29-17(8-9-18-25-19(28-31-18)14-5-3-10-22-13-14)23-11-4-12-24-20-15-6-1-2-7-16(15)21(30)27-26-20/h1-3,5-7,10,13H,4,8-9,11-12H2,(H,23,29)(H,24,26)(H,27,30). The van der Waals surface area contributed by atoms with Crippen molar-refractivity contribution in [2.24, 2.45) is 0 Å². The van der Waals surface area contributed by atoms with Crippen molar-refractivity contribution in [2.45, 2.75) is 19.3 Å². The van der Waals surface area contributed by atoms with E-state index in [4.69, 9.17) is 4.52 Å². The number of benzene rings is 1. The van der Waals surface area contributed by atoms with E-state index in [2.05, 4.69) is 36.0 Å². The fourth-order valence-corrected chi connectivity index (χ4v) is 3.05. The summed E-state index contributed by atoms with van der Waals surface area (Å²) in [5, 5.41) is 17.9. The van der Waals surface area contributed by atoms with Crippen molar-refractivity contribution in [3.05, 3.63) is 65.0 Å². The molecule has 10 heteroatoms. The lowest BCUT2D eigenvalue weighted by molar-refractivity contribution is -0.121. The first-order valence-corrected chi connectivity index (χ1v) is 9.91. The number of carbonyl (C=O) groups excluding carboxylic acids is 1. The number of amides is 1. The molecule has 0 aliphatic heterocycles. The Balaban J connectivity index is 1.18. The first-order valence-electron chi connectivity index (χ1n) is 9.91. The summed E-state index contributed by atoms with van der Waals surface area (Å²) in [7, 11) is 0. The molecule has 0 saturated heterocycles. The van der Waals surface area contributed by atoms with Crippen LogP contribution in [0.3, 0.4) is 0 Å². The topological polar surface area (TPSA) is 139 Å². The number of fused-ring (bicyclic) bond motifs is 1. The van der Waals surface area contributed by atoms with Crippen LogP contribution in [0.25, 0.3) is 22.2 Å². The Morgan fingerprint density at radius 1 is 1.10 bits per heavy atom. The first kappa shape index (κ1) is 20.2. The highest BCUT2D eigenvalue weighted by atomic mass is 16.5. The summed E-state index contributed by atoms with van der Waals surface area (Å²) >= 11 is 0. The zero-order chi connectivity index (χ0) is 21.5. The lowest BCUT2D eigenvalue weighted by atomic mass is 10.2. The van der Waals surface area contributed by atoms with Crippen LogP contribution in [-0.4, -0.2) is 44.3 Å². The summed E-state index contributed by atoms with van der Waals surface area (Å²) in [6.45, 7) is 1.11. The third-order valence-corrected chi connectivity index (χ3v) is 4.62. The number of rotatable bonds is 9. The third kappa shape index (κ3) is 5.10. The molecule has 4 aromatic rings. The number of nitrogens with one attached hydrogen (secondary N) is 3. The smallest absolute Gasteiger partial charge is 0.272 e. The predicted molar refractivity (Wildman–Crippen MR) is 114 cm³/mol. The number of aryl methyl sites for hydroxylation is 1. The van der Waals surface area contributed by atoms with E-state index < -0.39 is 0 Å². The van der Waals surface area contributed by atoms with Crippen LogP contribution >= 0.6 is 0 Å². The van der Waals surface area contributed by atoms with E-state index in [1.165, 1.54) is 0 Å². The normalized spacial score (nSPS) is 10.8. The molecule has 4 rings (SSSR count). The van der Waals surface area contributed by atoms with Crippen LogP contribution < -0.4 is 16.2 Å². The van der Waals surface area contributed by atoms with E-state index in [-0.39, 0.29) is 17.9 Å². The van der Waals surface area contributed by atoms with Gasteiger partial charge in [-0.25, -0.2) is 5.10 Å². The monoisotopic (exact) mass is 419 g/mol. The second-order valence-corrected chi connectivity index (χ2v) is 6.83. The predicted octanol–water partition coefficient (Wildman–Crippen LogP) is 1.92. The minimum Gasteiger partial charge on any atom is -0.368 e. The number of H-pyrrole nitrogens is 1. The minimum atomic E-state index is -0.220. The summed E-state index contributed by atoms with van der Waals surface area (Å²) in [6, 6.07) is 10.9. The molecule has 0 spiro atoms. The molecule has 3 aromatic heterocycles. The Morgan fingerprint density at radius 2 is 1.97 bits per heavy atom. The minimum absolute atomic E-state index is 0.0891. The van der Waals surface area contributed by atoms with Crippen LogP contribution in [0.4, 0.5) is 5.82 Å². The number of hydrogen-bond acceptors (Lipinski definition) is 8. The van der Waals surface area contributed by atoms with Gasteiger partial charge in [0.25, 0.3) is 5.56 Å². The molecule has 0 unspecified atom stereocenters. The molecule has 10 nitrogen and oxygen atoms in total. The molecule has 0 aliphatic carbocycles. The Morgan fingerprint density at radius 3 is 2.81 bits per heavy atom. The second-order valence-electron chi connectivity index (χ2n) is 6.83. The van der Waals surface area contributed by atoms with Crippen molar-refractivity contribution in [1.82, 2.24) is 30.6 Å². The summed E-state index contributed by atoms with van der Waals surface area (Å²) in [5.74, 6) is 1.39. The van der Waals surface area contributed by atoms with E-state index in [0.29, 0.717) is 48.9 Å². The second kappa shape index (κ2) is 9.61. The van der Waals surface area contributed by atoms with Crippen molar-refractivity contribution in [1.29, 1.82) is 0 Å². The van der Waals surface area contributed by atoms with Gasteiger partial charge < -0.3 is 15.2 Å². The van der Waals surface area contributed by atoms with E-state index in [1.54, 1.807) is 24.5 Å². The highest BCUT2D eigenvalue weighted by Crippen LogP contribution is 2.16. The summed E-state index contributed by atoms with van der Waals surface area (Å²) in [5.41, 5.74) is 0.543. The molecule has 0 fully saturated rings.